The van der Waals surface area contributed by atoms with E-state index in [2.05, 4.69) is 18.2 Å². The molecule has 2 aliphatic rings. The van der Waals surface area contributed by atoms with Gasteiger partial charge in [0.2, 0.25) is 5.91 Å². The first kappa shape index (κ1) is 14.4. The minimum atomic E-state index is -0.886. The van der Waals surface area contributed by atoms with Gasteiger partial charge in [0.15, 0.2) is 0 Å². The third-order valence-electron chi connectivity index (χ3n) is 4.29. The molecule has 0 aromatic heterocycles. The molecule has 0 spiro atoms. The Balaban J connectivity index is 1.60. The average molecular weight is 305 g/mol. The van der Waals surface area contributed by atoms with Gasteiger partial charge in [-0.3, -0.25) is 4.79 Å². The van der Waals surface area contributed by atoms with Crippen molar-refractivity contribution in [2.24, 2.45) is 0 Å². The first-order valence-electron chi connectivity index (χ1n) is 7.42. The van der Waals surface area contributed by atoms with Crippen molar-refractivity contribution in [1.82, 2.24) is 4.90 Å². The number of fused-ring (bicyclic) bond motifs is 1. The van der Waals surface area contributed by atoms with E-state index < -0.39 is 12.0 Å². The number of hydrogen-bond donors (Lipinski definition) is 1. The number of benzene rings is 1. The molecule has 1 saturated heterocycles. The summed E-state index contributed by atoms with van der Waals surface area (Å²) in [6, 6.07) is 5.78. The Bertz CT molecular complexity index is 573. The van der Waals surface area contributed by atoms with Gasteiger partial charge in [-0.1, -0.05) is 6.07 Å². The van der Waals surface area contributed by atoms with Gasteiger partial charge < -0.3 is 10.0 Å². The van der Waals surface area contributed by atoms with Crippen molar-refractivity contribution in [2.45, 2.75) is 43.0 Å². The molecule has 1 heterocycles. The number of aliphatic carboxylic acids is 1. The van der Waals surface area contributed by atoms with E-state index in [1.165, 1.54) is 34.2 Å². The lowest BCUT2D eigenvalue weighted by Gasteiger charge is -2.21. The molecule has 1 N–H and O–H groups in total. The van der Waals surface area contributed by atoms with Gasteiger partial charge in [0, 0.05) is 11.4 Å². The molecule has 3 rings (SSSR count). The highest BCUT2D eigenvalue weighted by Gasteiger charge is 2.33. The van der Waals surface area contributed by atoms with Gasteiger partial charge >= 0.3 is 5.97 Å². The highest BCUT2D eigenvalue weighted by Crippen LogP contribution is 2.28. The van der Waals surface area contributed by atoms with Crippen LogP contribution in [0.15, 0.2) is 23.1 Å². The number of carbonyl (C=O) groups excluding carboxylic acids is 1. The standard InChI is InChI=1S/C16H19NO3S/c18-15(17-8-2-5-14(17)16(19)20)10-21-13-7-6-11-3-1-4-12(11)9-13/h6-7,9,14H,1-5,8,10H2,(H,19,20). The number of aryl methyl sites for hydroxylation is 2. The monoisotopic (exact) mass is 305 g/mol. The molecule has 1 aliphatic heterocycles. The van der Waals surface area contributed by atoms with Crippen molar-refractivity contribution in [3.63, 3.8) is 0 Å². The maximum absolute atomic E-state index is 12.2. The minimum Gasteiger partial charge on any atom is -0.480 e. The molecule has 1 fully saturated rings. The van der Waals surface area contributed by atoms with E-state index >= 15 is 0 Å². The van der Waals surface area contributed by atoms with Crippen molar-refractivity contribution in [1.29, 1.82) is 0 Å². The second kappa shape index (κ2) is 6.10. The summed E-state index contributed by atoms with van der Waals surface area (Å²) in [7, 11) is 0. The average Bonchev–Trinajstić information content (AvgIpc) is 3.12. The van der Waals surface area contributed by atoms with Gasteiger partial charge in [-0.15, -0.1) is 11.8 Å². The van der Waals surface area contributed by atoms with Crippen molar-refractivity contribution >= 4 is 23.6 Å². The number of carboxylic acids is 1. The van der Waals surface area contributed by atoms with E-state index in [4.69, 9.17) is 5.11 Å². The number of rotatable bonds is 4. The molecule has 21 heavy (non-hydrogen) atoms. The number of amides is 1. The molecule has 4 nitrogen and oxygen atoms in total. The van der Waals surface area contributed by atoms with Crippen LogP contribution in [0.1, 0.15) is 30.4 Å². The Kier molecular flexibility index (Phi) is 4.19. The molecule has 1 aromatic rings. The number of hydrogen-bond acceptors (Lipinski definition) is 3. The van der Waals surface area contributed by atoms with Crippen LogP contribution in [-0.4, -0.2) is 40.2 Å². The van der Waals surface area contributed by atoms with Crippen LogP contribution >= 0.6 is 11.8 Å². The molecule has 1 amide bonds. The van der Waals surface area contributed by atoms with Crippen molar-refractivity contribution in [3.05, 3.63) is 29.3 Å². The summed E-state index contributed by atoms with van der Waals surface area (Å²) in [6.07, 6.45) is 4.87. The van der Waals surface area contributed by atoms with Crippen LogP contribution in [0.2, 0.25) is 0 Å². The number of carboxylic acid groups (broad SMARTS) is 1. The summed E-state index contributed by atoms with van der Waals surface area (Å²) in [5, 5.41) is 9.12. The Hall–Kier alpha value is -1.49. The van der Waals surface area contributed by atoms with Crippen LogP contribution in [0.4, 0.5) is 0 Å². The molecule has 1 aromatic carbocycles. The highest BCUT2D eigenvalue weighted by atomic mass is 32.2. The first-order chi connectivity index (χ1) is 10.1. The zero-order valence-corrected chi connectivity index (χ0v) is 12.7. The van der Waals surface area contributed by atoms with Crippen molar-refractivity contribution in [2.75, 3.05) is 12.3 Å². The summed E-state index contributed by atoms with van der Waals surface area (Å²) >= 11 is 1.51. The number of carbonyl (C=O) groups is 2. The molecule has 5 heteroatoms. The summed E-state index contributed by atoms with van der Waals surface area (Å²) in [5.74, 6) is -0.628. The highest BCUT2D eigenvalue weighted by molar-refractivity contribution is 8.00. The molecule has 0 radical (unpaired) electrons. The van der Waals surface area contributed by atoms with E-state index in [1.54, 1.807) is 0 Å². The first-order valence-corrected chi connectivity index (χ1v) is 8.40. The SMILES string of the molecule is O=C(O)C1CCCN1C(=O)CSc1ccc2c(c1)CCC2. The Labute approximate surface area is 128 Å². The molecule has 112 valence electrons. The van der Waals surface area contributed by atoms with Gasteiger partial charge in [-0.2, -0.15) is 0 Å². The fourth-order valence-electron chi connectivity index (χ4n) is 3.19. The van der Waals surface area contributed by atoms with Crippen molar-refractivity contribution in [3.8, 4) is 0 Å². The van der Waals surface area contributed by atoms with Crippen LogP contribution in [0.5, 0.6) is 0 Å². The molecular formula is C16H19NO3S. The van der Waals surface area contributed by atoms with E-state index in [1.807, 2.05) is 0 Å². The second-order valence-corrected chi connectivity index (χ2v) is 6.70. The molecule has 0 bridgehead atoms. The minimum absolute atomic E-state index is 0.0644. The van der Waals surface area contributed by atoms with Crippen LogP contribution in [0.25, 0.3) is 0 Å². The molecule has 1 aliphatic carbocycles. The van der Waals surface area contributed by atoms with E-state index in [9.17, 15) is 9.59 Å². The molecular weight excluding hydrogens is 286 g/mol. The Morgan fingerprint density at radius 3 is 2.86 bits per heavy atom. The predicted octanol–water partition coefficient (Wildman–Crippen LogP) is 2.34. The van der Waals surface area contributed by atoms with Crippen LogP contribution < -0.4 is 0 Å². The Morgan fingerprint density at radius 1 is 1.24 bits per heavy atom. The van der Waals surface area contributed by atoms with Gasteiger partial charge in [-0.05, 0) is 55.4 Å². The summed E-state index contributed by atoms with van der Waals surface area (Å²) in [4.78, 5) is 26.0. The van der Waals surface area contributed by atoms with Crippen LogP contribution in [0, 0.1) is 0 Å². The van der Waals surface area contributed by atoms with E-state index in [-0.39, 0.29) is 5.91 Å². The quantitative estimate of drug-likeness (QED) is 0.868. The summed E-state index contributed by atoms with van der Waals surface area (Å²) < 4.78 is 0. The summed E-state index contributed by atoms with van der Waals surface area (Å²) in [6.45, 7) is 0.570. The van der Waals surface area contributed by atoms with Gasteiger partial charge in [0.05, 0.1) is 5.75 Å². The smallest absolute Gasteiger partial charge is 0.326 e. The zero-order chi connectivity index (χ0) is 14.8. The lowest BCUT2D eigenvalue weighted by molar-refractivity contribution is -0.147. The maximum atomic E-state index is 12.2. The number of likely N-dealkylation sites (tertiary alicyclic amines) is 1. The van der Waals surface area contributed by atoms with Crippen LogP contribution in [-0.2, 0) is 22.4 Å². The number of thioether (sulfide) groups is 1. The second-order valence-electron chi connectivity index (χ2n) is 5.66. The topological polar surface area (TPSA) is 57.6 Å². The predicted molar refractivity (Wildman–Crippen MR) is 81.6 cm³/mol. The maximum Gasteiger partial charge on any atom is 0.326 e. The third-order valence-corrected chi connectivity index (χ3v) is 5.27. The van der Waals surface area contributed by atoms with Crippen molar-refractivity contribution < 1.29 is 14.7 Å². The van der Waals surface area contributed by atoms with Gasteiger partial charge in [0.25, 0.3) is 0 Å². The third kappa shape index (κ3) is 3.07. The van der Waals surface area contributed by atoms with E-state index in [0.29, 0.717) is 18.7 Å². The fraction of sp³-hybridized carbons (Fsp3) is 0.500. The summed E-state index contributed by atoms with van der Waals surface area (Å²) in [5.41, 5.74) is 2.83. The van der Waals surface area contributed by atoms with E-state index in [0.717, 1.165) is 24.2 Å². The van der Waals surface area contributed by atoms with Gasteiger partial charge in [-0.25, -0.2) is 4.79 Å². The molecule has 1 atom stereocenters. The lowest BCUT2D eigenvalue weighted by Crippen LogP contribution is -2.41. The molecule has 1 unspecified atom stereocenters. The van der Waals surface area contributed by atoms with Gasteiger partial charge in [0.1, 0.15) is 6.04 Å². The Morgan fingerprint density at radius 2 is 2.05 bits per heavy atom. The normalized spacial score (nSPS) is 20.6. The fourth-order valence-corrected chi connectivity index (χ4v) is 4.03. The zero-order valence-electron chi connectivity index (χ0n) is 11.9. The largest absolute Gasteiger partial charge is 0.480 e. The lowest BCUT2D eigenvalue weighted by atomic mass is 10.1. The molecule has 0 saturated carbocycles. The number of nitrogens with zero attached hydrogens (tertiary/aromatic N) is 1. The van der Waals surface area contributed by atoms with Crippen LogP contribution in [0.3, 0.4) is 0 Å².